The van der Waals surface area contributed by atoms with E-state index in [9.17, 15) is 24.0 Å². The van der Waals surface area contributed by atoms with Crippen LogP contribution in [0.5, 0.6) is 0 Å². The maximum absolute atomic E-state index is 13.0. The number of esters is 1. The Bertz CT molecular complexity index is 951. The summed E-state index contributed by atoms with van der Waals surface area (Å²) in [5.41, 5.74) is 0.302. The summed E-state index contributed by atoms with van der Waals surface area (Å²) < 4.78 is 10.6. The van der Waals surface area contributed by atoms with E-state index in [0.29, 0.717) is 12.2 Å². The fraction of sp³-hybridized carbons (Fsp3) is 0.500. The number of fused-ring (bicyclic) bond motifs is 1. The number of carbonyl (C=O) groups excluding carboxylic acids is 5. The molecule has 1 fully saturated rings. The van der Waals surface area contributed by atoms with Gasteiger partial charge in [-0.1, -0.05) is 6.07 Å². The molecule has 1 aromatic carbocycles. The molecule has 0 radical (unpaired) electrons. The van der Waals surface area contributed by atoms with Gasteiger partial charge >= 0.3 is 5.97 Å². The average Bonchev–Trinajstić information content (AvgIpc) is 2.95. The summed E-state index contributed by atoms with van der Waals surface area (Å²) in [6, 6.07) is 3.83. The highest BCUT2D eigenvalue weighted by Gasteiger charge is 2.45. The maximum Gasteiger partial charge on any atom is 0.308 e. The number of hydrogen-bond donors (Lipinski definition) is 2. The predicted octanol–water partition coefficient (Wildman–Crippen LogP) is 1.25. The standard InChI is InChI=1S/C22H27N3O7/c1-22(2,3)32-17(27)9-11-31-12-10-23-14-6-4-5-13-18(14)21(30)25(20(13)29)15-7-8-16(26)24-19(15)28/h4-6,15,23H,7-12H2,1-3H3,(H,24,26,28). The highest BCUT2D eigenvalue weighted by molar-refractivity contribution is 6.25. The molecule has 0 spiro atoms. The molecule has 1 atom stereocenters. The summed E-state index contributed by atoms with van der Waals surface area (Å²) in [7, 11) is 0. The van der Waals surface area contributed by atoms with E-state index in [1.165, 1.54) is 6.07 Å². The van der Waals surface area contributed by atoms with Crippen molar-refractivity contribution in [2.24, 2.45) is 0 Å². The second-order valence-electron chi connectivity index (χ2n) is 8.55. The summed E-state index contributed by atoms with van der Waals surface area (Å²) in [5, 5.41) is 5.24. The first kappa shape index (κ1) is 23.4. The Morgan fingerprint density at radius 3 is 2.59 bits per heavy atom. The number of carbonyl (C=O) groups is 5. The highest BCUT2D eigenvalue weighted by Crippen LogP contribution is 2.32. The Morgan fingerprint density at radius 2 is 1.91 bits per heavy atom. The summed E-state index contributed by atoms with van der Waals surface area (Å²) in [5.74, 6) is -2.55. The molecular weight excluding hydrogens is 418 g/mol. The number of amides is 4. The molecule has 0 saturated carbocycles. The third-order valence-corrected chi connectivity index (χ3v) is 4.90. The van der Waals surface area contributed by atoms with Crippen LogP contribution < -0.4 is 10.6 Å². The van der Waals surface area contributed by atoms with Crippen LogP contribution in [0.2, 0.25) is 0 Å². The van der Waals surface area contributed by atoms with Crippen LogP contribution in [0.25, 0.3) is 0 Å². The first-order valence-corrected chi connectivity index (χ1v) is 10.5. The van der Waals surface area contributed by atoms with Crippen molar-refractivity contribution in [1.29, 1.82) is 0 Å². The van der Waals surface area contributed by atoms with Gasteiger partial charge in [0, 0.05) is 18.7 Å². The largest absolute Gasteiger partial charge is 0.460 e. The minimum absolute atomic E-state index is 0.0650. The van der Waals surface area contributed by atoms with E-state index < -0.39 is 35.3 Å². The van der Waals surface area contributed by atoms with Crippen LogP contribution in [0.15, 0.2) is 18.2 Å². The second-order valence-corrected chi connectivity index (χ2v) is 8.55. The van der Waals surface area contributed by atoms with Gasteiger partial charge in [0.05, 0.1) is 30.8 Å². The summed E-state index contributed by atoms with van der Waals surface area (Å²) in [4.78, 5) is 62.0. The zero-order valence-electron chi connectivity index (χ0n) is 18.4. The van der Waals surface area contributed by atoms with Crippen molar-refractivity contribution in [2.45, 2.75) is 51.7 Å². The summed E-state index contributed by atoms with van der Waals surface area (Å²) in [6.45, 7) is 6.18. The molecule has 10 heteroatoms. The van der Waals surface area contributed by atoms with Crippen molar-refractivity contribution >= 4 is 35.3 Å². The fourth-order valence-electron chi connectivity index (χ4n) is 3.57. The van der Waals surface area contributed by atoms with Gasteiger partial charge < -0.3 is 14.8 Å². The molecule has 32 heavy (non-hydrogen) atoms. The zero-order chi connectivity index (χ0) is 23.5. The zero-order valence-corrected chi connectivity index (χ0v) is 18.4. The molecule has 10 nitrogen and oxygen atoms in total. The van der Waals surface area contributed by atoms with Crippen molar-refractivity contribution in [3.63, 3.8) is 0 Å². The average molecular weight is 445 g/mol. The van der Waals surface area contributed by atoms with Crippen LogP contribution in [0, 0.1) is 0 Å². The number of imide groups is 2. The normalized spacial score (nSPS) is 18.5. The molecule has 2 heterocycles. The smallest absolute Gasteiger partial charge is 0.308 e. The predicted molar refractivity (Wildman–Crippen MR) is 113 cm³/mol. The van der Waals surface area contributed by atoms with Crippen molar-refractivity contribution < 1.29 is 33.4 Å². The molecule has 2 N–H and O–H groups in total. The van der Waals surface area contributed by atoms with E-state index in [4.69, 9.17) is 9.47 Å². The number of nitrogens with one attached hydrogen (secondary N) is 2. The van der Waals surface area contributed by atoms with E-state index in [1.807, 2.05) is 0 Å². The van der Waals surface area contributed by atoms with Gasteiger partial charge in [0.25, 0.3) is 11.8 Å². The number of hydrogen-bond acceptors (Lipinski definition) is 8. The van der Waals surface area contributed by atoms with Gasteiger partial charge in [-0.25, -0.2) is 0 Å². The quantitative estimate of drug-likeness (QED) is 0.347. The number of nitrogens with zero attached hydrogens (tertiary/aromatic N) is 1. The number of benzene rings is 1. The number of piperidine rings is 1. The molecule has 0 aliphatic carbocycles. The van der Waals surface area contributed by atoms with E-state index in [2.05, 4.69) is 10.6 Å². The topological polar surface area (TPSA) is 131 Å². The van der Waals surface area contributed by atoms with E-state index >= 15 is 0 Å². The van der Waals surface area contributed by atoms with Gasteiger partial charge in [-0.2, -0.15) is 0 Å². The molecule has 0 bridgehead atoms. The van der Waals surface area contributed by atoms with Crippen molar-refractivity contribution in [2.75, 3.05) is 25.1 Å². The second kappa shape index (κ2) is 9.47. The monoisotopic (exact) mass is 445 g/mol. The van der Waals surface area contributed by atoms with Crippen LogP contribution >= 0.6 is 0 Å². The molecule has 1 unspecified atom stereocenters. The van der Waals surface area contributed by atoms with E-state index in [-0.39, 0.29) is 49.6 Å². The minimum atomic E-state index is -1.01. The highest BCUT2D eigenvalue weighted by atomic mass is 16.6. The lowest BCUT2D eigenvalue weighted by molar-refractivity contribution is -0.156. The first-order chi connectivity index (χ1) is 15.1. The van der Waals surface area contributed by atoms with Crippen LogP contribution in [-0.2, 0) is 23.9 Å². The molecule has 3 rings (SSSR count). The van der Waals surface area contributed by atoms with Gasteiger partial charge in [0.15, 0.2) is 0 Å². The maximum atomic E-state index is 13.0. The van der Waals surface area contributed by atoms with E-state index in [1.54, 1.807) is 32.9 Å². The van der Waals surface area contributed by atoms with E-state index in [0.717, 1.165) is 4.90 Å². The lowest BCUT2D eigenvalue weighted by Gasteiger charge is -2.27. The first-order valence-electron chi connectivity index (χ1n) is 10.5. The third kappa shape index (κ3) is 5.31. The van der Waals surface area contributed by atoms with Crippen molar-refractivity contribution in [3.8, 4) is 0 Å². The SMILES string of the molecule is CC(C)(C)OC(=O)CCOCCNc1cccc2c1C(=O)N(C1CCC(=O)NC1=O)C2=O. The van der Waals surface area contributed by atoms with Crippen LogP contribution in [0.1, 0.15) is 60.7 Å². The molecule has 1 aromatic rings. The summed E-state index contributed by atoms with van der Waals surface area (Å²) >= 11 is 0. The Morgan fingerprint density at radius 1 is 1.16 bits per heavy atom. The number of anilines is 1. The van der Waals surface area contributed by atoms with Crippen LogP contribution in [-0.4, -0.2) is 65.9 Å². The Kier molecular flexibility index (Phi) is 6.93. The van der Waals surface area contributed by atoms with Gasteiger partial charge in [0.2, 0.25) is 11.8 Å². The minimum Gasteiger partial charge on any atom is -0.460 e. The van der Waals surface area contributed by atoms with Crippen LogP contribution in [0.3, 0.4) is 0 Å². The molecule has 1 saturated heterocycles. The third-order valence-electron chi connectivity index (χ3n) is 4.90. The summed E-state index contributed by atoms with van der Waals surface area (Å²) in [6.07, 6.45) is 0.297. The van der Waals surface area contributed by atoms with Gasteiger partial charge in [-0.3, -0.25) is 34.2 Å². The number of rotatable bonds is 8. The van der Waals surface area contributed by atoms with Crippen molar-refractivity contribution in [3.05, 3.63) is 29.3 Å². The molecule has 2 aliphatic rings. The lowest BCUT2D eigenvalue weighted by Crippen LogP contribution is -2.54. The molecular formula is C22H27N3O7. The Balaban J connectivity index is 1.55. The fourth-order valence-corrected chi connectivity index (χ4v) is 3.57. The molecule has 0 aromatic heterocycles. The van der Waals surface area contributed by atoms with Gasteiger partial charge in [-0.15, -0.1) is 0 Å². The molecule has 4 amide bonds. The van der Waals surface area contributed by atoms with Gasteiger partial charge in [0.1, 0.15) is 11.6 Å². The van der Waals surface area contributed by atoms with Gasteiger partial charge in [-0.05, 0) is 39.3 Å². The Hall–Kier alpha value is -3.27. The van der Waals surface area contributed by atoms with Crippen LogP contribution in [0.4, 0.5) is 5.69 Å². The Labute approximate surface area is 185 Å². The van der Waals surface area contributed by atoms with Crippen molar-refractivity contribution in [1.82, 2.24) is 10.2 Å². The molecule has 2 aliphatic heterocycles. The number of ether oxygens (including phenoxy) is 2. The lowest BCUT2D eigenvalue weighted by atomic mass is 10.0. The molecule has 172 valence electrons.